The number of aromatic hydroxyl groups is 2. The second kappa shape index (κ2) is 5.71. The molecule has 0 saturated carbocycles. The summed E-state index contributed by atoms with van der Waals surface area (Å²) in [6.07, 6.45) is 1.35. The lowest BCUT2D eigenvalue weighted by Crippen LogP contribution is -2.21. The monoisotopic (exact) mass is 230 g/mol. The highest BCUT2D eigenvalue weighted by molar-refractivity contribution is 5.85. The number of benzene rings is 1. The van der Waals surface area contributed by atoms with E-state index < -0.39 is 0 Å². The molecule has 0 unspecified atom stereocenters. The summed E-state index contributed by atoms with van der Waals surface area (Å²) in [6.45, 7) is 0. The molecule has 0 aromatic heterocycles. The molecule has 0 atom stereocenters. The van der Waals surface area contributed by atoms with Crippen molar-refractivity contribution >= 4 is 24.6 Å². The van der Waals surface area contributed by atoms with Crippen molar-refractivity contribution in [2.75, 3.05) is 0 Å². The fourth-order valence-corrected chi connectivity index (χ4v) is 0.783. The summed E-state index contributed by atoms with van der Waals surface area (Å²) in [7, 11) is 0. The molecular formula is C8H11ClN4O2. The first-order chi connectivity index (χ1) is 6.59. The molecule has 1 aromatic carbocycles. The molecule has 0 saturated heterocycles. The molecule has 0 bridgehead atoms. The van der Waals surface area contributed by atoms with E-state index in [-0.39, 0.29) is 29.9 Å². The Morgan fingerprint density at radius 3 is 2.40 bits per heavy atom. The smallest absolute Gasteiger partial charge is 0.211 e. The molecule has 0 radical (unpaired) electrons. The molecule has 0 aliphatic rings. The predicted octanol–water partition coefficient (Wildman–Crippen LogP) is 0.127. The maximum atomic E-state index is 9.11. The second-order valence-electron chi connectivity index (χ2n) is 2.52. The van der Waals surface area contributed by atoms with E-state index in [9.17, 15) is 0 Å². The number of nitrogens with zero attached hydrogens (tertiary/aromatic N) is 2. The van der Waals surface area contributed by atoms with Crippen molar-refractivity contribution in [3.8, 4) is 11.5 Å². The third kappa shape index (κ3) is 4.19. The normalized spacial score (nSPS) is 9.60. The Balaban J connectivity index is 0.00000196. The van der Waals surface area contributed by atoms with Gasteiger partial charge in [0.2, 0.25) is 5.96 Å². The fourth-order valence-electron chi connectivity index (χ4n) is 0.783. The highest BCUT2D eigenvalue weighted by Crippen LogP contribution is 2.23. The zero-order valence-corrected chi connectivity index (χ0v) is 8.48. The zero-order chi connectivity index (χ0) is 10.6. The first kappa shape index (κ1) is 13.1. The van der Waals surface area contributed by atoms with Gasteiger partial charge >= 0.3 is 0 Å². The number of rotatable bonds is 2. The first-order valence-electron chi connectivity index (χ1n) is 3.73. The van der Waals surface area contributed by atoms with Crippen molar-refractivity contribution in [3.63, 3.8) is 0 Å². The van der Waals surface area contributed by atoms with Crippen LogP contribution in [-0.4, -0.2) is 22.4 Å². The van der Waals surface area contributed by atoms with Gasteiger partial charge in [-0.2, -0.15) is 5.10 Å². The van der Waals surface area contributed by atoms with Gasteiger partial charge in [-0.05, 0) is 23.8 Å². The lowest BCUT2D eigenvalue weighted by molar-refractivity contribution is 0.403. The van der Waals surface area contributed by atoms with Gasteiger partial charge in [-0.1, -0.05) is 0 Å². The van der Waals surface area contributed by atoms with E-state index >= 15 is 0 Å². The fraction of sp³-hybridized carbons (Fsp3) is 0. The second-order valence-corrected chi connectivity index (χ2v) is 2.52. The molecule has 0 fully saturated rings. The average Bonchev–Trinajstić information content (AvgIpc) is 2.10. The van der Waals surface area contributed by atoms with Crippen LogP contribution >= 0.6 is 12.4 Å². The molecule has 0 amide bonds. The van der Waals surface area contributed by atoms with Crippen molar-refractivity contribution in [2.45, 2.75) is 0 Å². The van der Waals surface area contributed by atoms with E-state index in [2.05, 4.69) is 10.2 Å². The predicted molar refractivity (Wildman–Crippen MR) is 60.4 cm³/mol. The first-order valence-corrected chi connectivity index (χ1v) is 3.73. The standard InChI is InChI=1S/C8H10N4O2.ClH/c9-8(10)12-11-4-5-1-2-6(13)7(14)3-5;/h1-4,13-14H,(H4,9,10,12);1H/b11-4-;. The zero-order valence-electron chi connectivity index (χ0n) is 7.66. The largest absolute Gasteiger partial charge is 0.504 e. The number of hydrogen-bond acceptors (Lipinski definition) is 4. The van der Waals surface area contributed by atoms with Crippen molar-refractivity contribution < 1.29 is 10.2 Å². The van der Waals surface area contributed by atoms with Gasteiger partial charge in [-0.15, -0.1) is 17.5 Å². The summed E-state index contributed by atoms with van der Waals surface area (Å²) >= 11 is 0. The lowest BCUT2D eigenvalue weighted by atomic mass is 10.2. The molecule has 0 aliphatic carbocycles. The van der Waals surface area contributed by atoms with Gasteiger partial charge in [-0.3, -0.25) is 0 Å². The molecule has 0 heterocycles. The maximum absolute atomic E-state index is 9.11. The van der Waals surface area contributed by atoms with Crippen LogP contribution in [0, 0.1) is 0 Å². The minimum Gasteiger partial charge on any atom is -0.504 e. The van der Waals surface area contributed by atoms with Gasteiger partial charge in [0.1, 0.15) is 0 Å². The summed E-state index contributed by atoms with van der Waals surface area (Å²) in [5.41, 5.74) is 10.6. The van der Waals surface area contributed by atoms with E-state index in [1.165, 1.54) is 18.3 Å². The van der Waals surface area contributed by atoms with Crippen LogP contribution in [0.1, 0.15) is 5.56 Å². The minimum atomic E-state index is -0.223. The number of phenolic OH excluding ortho intramolecular Hbond substituents is 2. The van der Waals surface area contributed by atoms with E-state index in [0.29, 0.717) is 5.56 Å². The van der Waals surface area contributed by atoms with Crippen LogP contribution < -0.4 is 11.5 Å². The van der Waals surface area contributed by atoms with Gasteiger partial charge < -0.3 is 21.7 Å². The molecule has 6 N–H and O–H groups in total. The van der Waals surface area contributed by atoms with Crippen molar-refractivity contribution in [2.24, 2.45) is 21.7 Å². The summed E-state index contributed by atoms with van der Waals surface area (Å²) in [4.78, 5) is 0. The van der Waals surface area contributed by atoms with Gasteiger partial charge in [-0.25, -0.2) is 0 Å². The minimum absolute atomic E-state index is 0. The van der Waals surface area contributed by atoms with Crippen LogP contribution in [0.15, 0.2) is 28.4 Å². The van der Waals surface area contributed by atoms with Crippen LogP contribution in [0.3, 0.4) is 0 Å². The van der Waals surface area contributed by atoms with Crippen LogP contribution in [0.5, 0.6) is 11.5 Å². The Labute approximate surface area is 92.3 Å². The molecule has 1 rings (SSSR count). The van der Waals surface area contributed by atoms with Crippen LogP contribution in [0.25, 0.3) is 0 Å². The summed E-state index contributed by atoms with van der Waals surface area (Å²) in [5.74, 6) is -0.563. The van der Waals surface area contributed by atoms with E-state index in [1.807, 2.05) is 0 Å². The third-order valence-electron chi connectivity index (χ3n) is 1.38. The Bertz CT molecular complexity index is 388. The quantitative estimate of drug-likeness (QED) is 0.250. The average molecular weight is 231 g/mol. The number of halogens is 1. The Hall–Kier alpha value is -1.95. The van der Waals surface area contributed by atoms with Gasteiger partial charge in [0, 0.05) is 0 Å². The van der Waals surface area contributed by atoms with E-state index in [1.54, 1.807) is 6.07 Å². The van der Waals surface area contributed by atoms with Gasteiger partial charge in [0.05, 0.1) is 6.21 Å². The molecule has 6 nitrogen and oxygen atoms in total. The molecule has 7 heteroatoms. The summed E-state index contributed by atoms with van der Waals surface area (Å²) in [6, 6.07) is 4.23. The number of nitrogens with two attached hydrogens (primary N) is 2. The van der Waals surface area contributed by atoms with Crippen LogP contribution in [-0.2, 0) is 0 Å². The van der Waals surface area contributed by atoms with Crippen LogP contribution in [0.2, 0.25) is 0 Å². The van der Waals surface area contributed by atoms with E-state index in [0.717, 1.165) is 0 Å². The van der Waals surface area contributed by atoms with Crippen molar-refractivity contribution in [1.82, 2.24) is 0 Å². The highest BCUT2D eigenvalue weighted by atomic mass is 35.5. The van der Waals surface area contributed by atoms with Gasteiger partial charge in [0.25, 0.3) is 0 Å². The lowest BCUT2D eigenvalue weighted by Gasteiger charge is -1.96. The SMILES string of the molecule is Cl.NC(N)=N/N=C\c1ccc(O)c(O)c1. The van der Waals surface area contributed by atoms with Crippen molar-refractivity contribution in [1.29, 1.82) is 0 Å². The van der Waals surface area contributed by atoms with E-state index in [4.69, 9.17) is 21.7 Å². The van der Waals surface area contributed by atoms with Gasteiger partial charge in [0.15, 0.2) is 11.5 Å². The molecule has 15 heavy (non-hydrogen) atoms. The number of phenols is 2. The highest BCUT2D eigenvalue weighted by Gasteiger charge is 1.97. The maximum Gasteiger partial charge on any atom is 0.211 e. The number of guanidine groups is 1. The summed E-state index contributed by atoms with van der Waals surface area (Å²) < 4.78 is 0. The Morgan fingerprint density at radius 1 is 1.20 bits per heavy atom. The van der Waals surface area contributed by atoms with Crippen molar-refractivity contribution in [3.05, 3.63) is 23.8 Å². The number of hydrogen-bond donors (Lipinski definition) is 4. The Kier molecular flexibility index (Phi) is 4.97. The molecule has 1 aromatic rings. The summed E-state index contributed by atoms with van der Waals surface area (Å²) in [5, 5.41) is 25.0. The molecule has 82 valence electrons. The third-order valence-corrected chi connectivity index (χ3v) is 1.38. The molecule has 0 spiro atoms. The topological polar surface area (TPSA) is 117 Å². The Morgan fingerprint density at radius 2 is 1.87 bits per heavy atom. The molecule has 0 aliphatic heterocycles. The molecular weight excluding hydrogens is 220 g/mol. The van der Waals surface area contributed by atoms with Crippen LogP contribution in [0.4, 0.5) is 0 Å².